The lowest BCUT2D eigenvalue weighted by Crippen LogP contribution is -1.85. The van der Waals surface area contributed by atoms with Crippen molar-refractivity contribution in [1.82, 2.24) is 0 Å². The number of hydrogen-bond acceptors (Lipinski definition) is 0. The predicted molar refractivity (Wildman–Crippen MR) is 98.6 cm³/mol. The second kappa shape index (κ2) is 4.57. The van der Waals surface area contributed by atoms with Gasteiger partial charge >= 0.3 is 0 Å². The van der Waals surface area contributed by atoms with Crippen LogP contribution < -0.4 is 0 Å². The molecule has 0 aromatic heterocycles. The number of fused-ring (bicyclic) bond motifs is 3. The van der Waals surface area contributed by atoms with Crippen LogP contribution in [0.1, 0.15) is 5.56 Å². The molecule has 4 aromatic rings. The Labute approximate surface area is 136 Å². The molecule has 0 spiro atoms. The van der Waals surface area contributed by atoms with Crippen molar-refractivity contribution in [3.63, 3.8) is 0 Å². The van der Waals surface area contributed by atoms with Crippen molar-refractivity contribution in [2.24, 2.45) is 0 Å². The van der Waals surface area contributed by atoms with Gasteiger partial charge in [0, 0.05) is 0 Å². The highest BCUT2D eigenvalue weighted by atomic mass is 14.3. The zero-order valence-corrected chi connectivity index (χ0v) is 13.0. The Hall–Kier alpha value is -2.86. The van der Waals surface area contributed by atoms with Crippen LogP contribution in [0.2, 0.25) is 0 Å². The quantitative estimate of drug-likeness (QED) is 0.332. The molecule has 23 heavy (non-hydrogen) atoms. The standard InChI is InChI=1S/C23H16/c1-15-11-13-16(14-12-15)18-7-4-9-20-19-8-2-5-17-6-3-10-21(22(17)19)23(18)20/h2-14H,1H3. The fraction of sp³-hybridized carbons (Fsp3) is 0.0435. The van der Waals surface area contributed by atoms with Crippen LogP contribution in [0.5, 0.6) is 0 Å². The van der Waals surface area contributed by atoms with Crippen LogP contribution in [0.4, 0.5) is 0 Å². The second-order valence-corrected chi connectivity index (χ2v) is 6.30. The molecule has 0 aliphatic heterocycles. The van der Waals surface area contributed by atoms with Crippen molar-refractivity contribution < 1.29 is 0 Å². The molecule has 1 aliphatic rings. The fourth-order valence-electron chi connectivity index (χ4n) is 3.81. The Morgan fingerprint density at radius 3 is 1.91 bits per heavy atom. The van der Waals surface area contributed by atoms with Crippen LogP contribution in [0.25, 0.3) is 44.2 Å². The van der Waals surface area contributed by atoms with Crippen molar-refractivity contribution in [1.29, 1.82) is 0 Å². The van der Waals surface area contributed by atoms with Gasteiger partial charge in [-0.1, -0.05) is 84.4 Å². The Morgan fingerprint density at radius 1 is 0.522 bits per heavy atom. The molecule has 0 radical (unpaired) electrons. The number of aryl methyl sites for hydroxylation is 1. The number of hydrogen-bond donors (Lipinski definition) is 0. The zero-order chi connectivity index (χ0) is 15.4. The third-order valence-electron chi connectivity index (χ3n) is 4.89. The van der Waals surface area contributed by atoms with Gasteiger partial charge in [0.2, 0.25) is 0 Å². The molecule has 4 aromatic carbocycles. The van der Waals surface area contributed by atoms with E-state index in [1.54, 1.807) is 0 Å². The molecule has 5 rings (SSSR count). The summed E-state index contributed by atoms with van der Waals surface area (Å²) in [5.41, 5.74) is 9.37. The van der Waals surface area contributed by atoms with Crippen LogP contribution in [0.3, 0.4) is 0 Å². The molecular formula is C23H16. The van der Waals surface area contributed by atoms with Gasteiger partial charge < -0.3 is 0 Å². The molecule has 0 amide bonds. The van der Waals surface area contributed by atoms with E-state index in [-0.39, 0.29) is 0 Å². The third kappa shape index (κ3) is 1.72. The summed E-state index contributed by atoms with van der Waals surface area (Å²) in [4.78, 5) is 0. The van der Waals surface area contributed by atoms with E-state index in [4.69, 9.17) is 0 Å². The number of rotatable bonds is 1. The SMILES string of the molecule is Cc1ccc(-c2cccc3c2-c2cccc4cccc-3c24)cc1. The van der Waals surface area contributed by atoms with Gasteiger partial charge in [0.1, 0.15) is 0 Å². The first-order valence-corrected chi connectivity index (χ1v) is 8.05. The molecule has 0 unspecified atom stereocenters. The lowest BCUT2D eigenvalue weighted by atomic mass is 9.93. The minimum absolute atomic E-state index is 1.29. The maximum atomic E-state index is 2.26. The molecule has 0 saturated heterocycles. The normalized spacial score (nSPS) is 11.7. The first-order valence-electron chi connectivity index (χ1n) is 8.05. The summed E-state index contributed by atoms with van der Waals surface area (Å²) >= 11 is 0. The zero-order valence-electron chi connectivity index (χ0n) is 13.0. The van der Waals surface area contributed by atoms with E-state index in [2.05, 4.69) is 85.8 Å². The minimum atomic E-state index is 1.29. The van der Waals surface area contributed by atoms with Crippen LogP contribution in [-0.4, -0.2) is 0 Å². The summed E-state index contributed by atoms with van der Waals surface area (Å²) in [6, 6.07) is 28.8. The predicted octanol–water partition coefficient (Wildman–Crippen LogP) is 6.46. The topological polar surface area (TPSA) is 0 Å². The maximum absolute atomic E-state index is 2.26. The molecule has 0 saturated carbocycles. The fourth-order valence-corrected chi connectivity index (χ4v) is 3.81. The van der Waals surface area contributed by atoms with Crippen molar-refractivity contribution in [2.45, 2.75) is 6.92 Å². The van der Waals surface area contributed by atoms with Crippen LogP contribution >= 0.6 is 0 Å². The first-order chi connectivity index (χ1) is 11.3. The van der Waals surface area contributed by atoms with E-state index in [9.17, 15) is 0 Å². The van der Waals surface area contributed by atoms with Crippen molar-refractivity contribution in [2.75, 3.05) is 0 Å². The van der Waals surface area contributed by atoms with Gasteiger partial charge in [-0.3, -0.25) is 0 Å². The molecule has 0 bridgehead atoms. The molecule has 0 heterocycles. The molecule has 1 aliphatic carbocycles. The summed E-state index contributed by atoms with van der Waals surface area (Å²) in [6.07, 6.45) is 0. The van der Waals surface area contributed by atoms with E-state index in [1.165, 1.54) is 49.7 Å². The van der Waals surface area contributed by atoms with E-state index in [0.29, 0.717) is 0 Å². The average Bonchev–Trinajstić information content (AvgIpc) is 2.93. The average molecular weight is 292 g/mol. The van der Waals surface area contributed by atoms with Gasteiger partial charge in [-0.15, -0.1) is 0 Å². The van der Waals surface area contributed by atoms with Gasteiger partial charge in [0.05, 0.1) is 0 Å². The molecular weight excluding hydrogens is 276 g/mol. The smallest absolute Gasteiger partial charge is 0.00201 e. The lowest BCUT2D eigenvalue weighted by Gasteiger charge is -2.10. The Morgan fingerprint density at radius 2 is 1.13 bits per heavy atom. The monoisotopic (exact) mass is 292 g/mol. The second-order valence-electron chi connectivity index (χ2n) is 6.30. The summed E-state index contributed by atoms with van der Waals surface area (Å²) in [5.74, 6) is 0. The van der Waals surface area contributed by atoms with Gasteiger partial charge in [0.25, 0.3) is 0 Å². The van der Waals surface area contributed by atoms with Gasteiger partial charge in [-0.25, -0.2) is 0 Å². The largest absolute Gasteiger partial charge is 0.0610 e. The maximum Gasteiger partial charge on any atom is -0.00201 e. The highest BCUT2D eigenvalue weighted by Gasteiger charge is 2.23. The van der Waals surface area contributed by atoms with Crippen molar-refractivity contribution >= 4 is 10.8 Å². The van der Waals surface area contributed by atoms with Crippen LogP contribution in [0, 0.1) is 6.92 Å². The molecule has 0 atom stereocenters. The lowest BCUT2D eigenvalue weighted by molar-refractivity contribution is 1.47. The third-order valence-corrected chi connectivity index (χ3v) is 4.89. The molecule has 0 nitrogen and oxygen atoms in total. The van der Waals surface area contributed by atoms with E-state index in [1.807, 2.05) is 0 Å². The van der Waals surface area contributed by atoms with E-state index >= 15 is 0 Å². The van der Waals surface area contributed by atoms with Crippen LogP contribution in [0.15, 0.2) is 78.9 Å². The summed E-state index contributed by atoms with van der Waals surface area (Å²) in [7, 11) is 0. The summed E-state index contributed by atoms with van der Waals surface area (Å²) < 4.78 is 0. The molecule has 0 heteroatoms. The molecule has 0 N–H and O–H groups in total. The van der Waals surface area contributed by atoms with Crippen molar-refractivity contribution in [3.8, 4) is 33.4 Å². The Kier molecular flexibility index (Phi) is 2.51. The highest BCUT2D eigenvalue weighted by molar-refractivity contribution is 6.18. The first kappa shape index (κ1) is 12.7. The van der Waals surface area contributed by atoms with Gasteiger partial charge in [-0.05, 0) is 51.1 Å². The van der Waals surface area contributed by atoms with Crippen LogP contribution in [-0.2, 0) is 0 Å². The summed E-state index contributed by atoms with van der Waals surface area (Å²) in [6.45, 7) is 2.13. The molecule has 108 valence electrons. The Balaban J connectivity index is 1.88. The summed E-state index contributed by atoms with van der Waals surface area (Å²) in [5, 5.41) is 2.72. The van der Waals surface area contributed by atoms with Gasteiger partial charge in [-0.2, -0.15) is 0 Å². The van der Waals surface area contributed by atoms with E-state index < -0.39 is 0 Å². The van der Waals surface area contributed by atoms with E-state index in [0.717, 1.165) is 0 Å². The number of benzene rings is 4. The highest BCUT2D eigenvalue weighted by Crippen LogP contribution is 2.50. The Bertz CT molecular complexity index is 1050. The minimum Gasteiger partial charge on any atom is -0.0610 e. The van der Waals surface area contributed by atoms with Gasteiger partial charge in [0.15, 0.2) is 0 Å². The molecule has 0 fully saturated rings. The van der Waals surface area contributed by atoms with Crippen molar-refractivity contribution in [3.05, 3.63) is 84.4 Å².